The van der Waals surface area contributed by atoms with E-state index in [0.717, 1.165) is 6.42 Å². The summed E-state index contributed by atoms with van der Waals surface area (Å²) < 4.78 is 12.4. The smallest absolute Gasteiger partial charge is 0.262 e. The molecule has 150 valence electrons. The first kappa shape index (κ1) is 20.8. The van der Waals surface area contributed by atoms with Crippen molar-refractivity contribution >= 4 is 34.3 Å². The lowest BCUT2D eigenvalue weighted by Crippen LogP contribution is -2.24. The van der Waals surface area contributed by atoms with Crippen molar-refractivity contribution in [2.75, 3.05) is 13.2 Å². The third-order valence-corrected chi connectivity index (χ3v) is 5.50. The first-order valence-corrected chi connectivity index (χ1v) is 10.6. The molecule has 0 saturated carbocycles. The third-order valence-electron chi connectivity index (χ3n) is 4.19. The van der Waals surface area contributed by atoms with Gasteiger partial charge in [0.2, 0.25) is 5.89 Å². The molecule has 0 saturated heterocycles. The Bertz CT molecular complexity index is 1000. The molecular formula is C19H23ClN4O3S. The van der Waals surface area contributed by atoms with Gasteiger partial charge in [-0.2, -0.15) is 4.98 Å². The minimum Gasteiger partial charge on any atom is -0.382 e. The highest BCUT2D eigenvalue weighted by Crippen LogP contribution is 2.33. The summed E-state index contributed by atoms with van der Waals surface area (Å²) in [5.74, 6) is 1.18. The summed E-state index contributed by atoms with van der Waals surface area (Å²) in [7, 11) is 0. The molecule has 0 spiro atoms. The van der Waals surface area contributed by atoms with Gasteiger partial charge in [-0.25, -0.2) is 4.98 Å². The van der Waals surface area contributed by atoms with Crippen molar-refractivity contribution in [3.8, 4) is 0 Å². The van der Waals surface area contributed by atoms with Crippen LogP contribution in [0.2, 0.25) is 5.02 Å². The van der Waals surface area contributed by atoms with Gasteiger partial charge in [0.05, 0.1) is 16.2 Å². The van der Waals surface area contributed by atoms with E-state index in [1.807, 2.05) is 20.8 Å². The molecule has 0 bridgehead atoms. The van der Waals surface area contributed by atoms with Crippen molar-refractivity contribution < 1.29 is 9.26 Å². The predicted octanol–water partition coefficient (Wildman–Crippen LogP) is 4.28. The summed E-state index contributed by atoms with van der Waals surface area (Å²) in [5, 5.41) is 5.49. The van der Waals surface area contributed by atoms with Crippen LogP contribution in [-0.4, -0.2) is 32.9 Å². The molecule has 3 rings (SSSR count). The number of hydrogen-bond acceptors (Lipinski definition) is 7. The van der Waals surface area contributed by atoms with E-state index < -0.39 is 0 Å². The van der Waals surface area contributed by atoms with Crippen LogP contribution in [0.5, 0.6) is 0 Å². The Morgan fingerprint density at radius 3 is 2.86 bits per heavy atom. The van der Waals surface area contributed by atoms with Gasteiger partial charge < -0.3 is 9.26 Å². The molecule has 0 amide bonds. The summed E-state index contributed by atoms with van der Waals surface area (Å²) in [6, 6.07) is 5.13. The Morgan fingerprint density at radius 1 is 1.32 bits per heavy atom. The molecule has 2 aromatic heterocycles. The minimum atomic E-state index is -0.144. The number of halogens is 1. The van der Waals surface area contributed by atoms with Gasteiger partial charge in [-0.1, -0.05) is 35.4 Å². The molecule has 0 radical (unpaired) electrons. The molecule has 28 heavy (non-hydrogen) atoms. The number of rotatable bonds is 9. The van der Waals surface area contributed by atoms with Crippen molar-refractivity contribution in [2.24, 2.45) is 0 Å². The van der Waals surface area contributed by atoms with Gasteiger partial charge in [-0.05, 0) is 38.5 Å². The zero-order chi connectivity index (χ0) is 20.1. The van der Waals surface area contributed by atoms with Crippen LogP contribution in [0, 0.1) is 0 Å². The molecular weight excluding hydrogens is 400 g/mol. The van der Waals surface area contributed by atoms with E-state index >= 15 is 0 Å². The molecule has 2 heterocycles. The molecule has 1 unspecified atom stereocenters. The van der Waals surface area contributed by atoms with Crippen LogP contribution in [-0.2, 0) is 17.7 Å². The Kier molecular flexibility index (Phi) is 7.09. The van der Waals surface area contributed by atoms with E-state index in [0.29, 0.717) is 59.0 Å². The summed E-state index contributed by atoms with van der Waals surface area (Å²) in [5.41, 5.74) is 0.487. The van der Waals surface area contributed by atoms with E-state index in [1.165, 1.54) is 11.8 Å². The highest BCUT2D eigenvalue weighted by molar-refractivity contribution is 7.99. The second kappa shape index (κ2) is 9.54. The van der Waals surface area contributed by atoms with Crippen molar-refractivity contribution in [1.82, 2.24) is 19.7 Å². The van der Waals surface area contributed by atoms with Crippen LogP contribution >= 0.6 is 23.4 Å². The van der Waals surface area contributed by atoms with Crippen LogP contribution < -0.4 is 5.56 Å². The maximum atomic E-state index is 13.1. The van der Waals surface area contributed by atoms with Gasteiger partial charge in [0.15, 0.2) is 11.0 Å². The Labute approximate surface area is 172 Å². The third kappa shape index (κ3) is 4.74. The van der Waals surface area contributed by atoms with Gasteiger partial charge in [-0.3, -0.25) is 9.36 Å². The first-order valence-electron chi connectivity index (χ1n) is 9.30. The summed E-state index contributed by atoms with van der Waals surface area (Å²) in [4.78, 5) is 22.2. The van der Waals surface area contributed by atoms with E-state index in [9.17, 15) is 4.79 Å². The van der Waals surface area contributed by atoms with E-state index in [-0.39, 0.29) is 10.8 Å². The van der Waals surface area contributed by atoms with E-state index in [1.54, 1.807) is 22.8 Å². The minimum absolute atomic E-state index is 0.0901. The maximum absolute atomic E-state index is 13.1. The van der Waals surface area contributed by atoms with Gasteiger partial charge in [0, 0.05) is 31.2 Å². The molecule has 0 aliphatic rings. The van der Waals surface area contributed by atoms with Gasteiger partial charge >= 0.3 is 0 Å². The van der Waals surface area contributed by atoms with Crippen LogP contribution in [0.15, 0.2) is 32.7 Å². The fraction of sp³-hybridized carbons (Fsp3) is 0.474. The number of hydrogen-bond donors (Lipinski definition) is 0. The zero-order valence-electron chi connectivity index (χ0n) is 16.1. The molecule has 0 aliphatic heterocycles. The fourth-order valence-corrected chi connectivity index (χ4v) is 3.85. The molecule has 1 aromatic carbocycles. The number of aryl methyl sites for hydroxylation is 1. The van der Waals surface area contributed by atoms with E-state index in [2.05, 4.69) is 10.1 Å². The van der Waals surface area contributed by atoms with Crippen molar-refractivity contribution in [3.05, 3.63) is 45.3 Å². The Balaban J connectivity index is 1.95. The van der Waals surface area contributed by atoms with Crippen molar-refractivity contribution in [3.63, 3.8) is 0 Å². The molecule has 0 aliphatic carbocycles. The molecule has 0 N–H and O–H groups in total. The summed E-state index contributed by atoms with van der Waals surface area (Å²) in [6.07, 6.45) is 1.42. The SMILES string of the molecule is CCOCCCn1c(SC(C)c2nc(CC)no2)nc2cc(Cl)ccc2c1=O. The lowest BCUT2D eigenvalue weighted by Gasteiger charge is -2.15. The molecule has 3 aromatic rings. The zero-order valence-corrected chi connectivity index (χ0v) is 17.7. The average Bonchev–Trinajstić information content (AvgIpc) is 3.16. The lowest BCUT2D eigenvalue weighted by atomic mass is 10.2. The standard InChI is InChI=1S/C19H23ClN4O3S/c1-4-16-22-17(27-23-16)12(3)28-19-21-15-11-13(20)7-8-14(15)18(25)24(19)9-6-10-26-5-2/h7-8,11-12H,4-6,9-10H2,1-3H3. The molecule has 7 nitrogen and oxygen atoms in total. The summed E-state index contributed by atoms with van der Waals surface area (Å²) >= 11 is 7.51. The van der Waals surface area contributed by atoms with Crippen LogP contribution in [0.4, 0.5) is 0 Å². The van der Waals surface area contributed by atoms with Crippen LogP contribution in [0.1, 0.15) is 44.2 Å². The highest BCUT2D eigenvalue weighted by atomic mass is 35.5. The molecule has 0 fully saturated rings. The topological polar surface area (TPSA) is 83.0 Å². The fourth-order valence-electron chi connectivity index (χ4n) is 2.71. The monoisotopic (exact) mass is 422 g/mol. The number of fused-ring (bicyclic) bond motifs is 1. The van der Waals surface area contributed by atoms with Gasteiger partial charge in [0.1, 0.15) is 0 Å². The number of ether oxygens (including phenoxy) is 1. The van der Waals surface area contributed by atoms with Gasteiger partial charge in [0.25, 0.3) is 5.56 Å². The lowest BCUT2D eigenvalue weighted by molar-refractivity contribution is 0.140. The Morgan fingerprint density at radius 2 is 2.14 bits per heavy atom. The summed E-state index contributed by atoms with van der Waals surface area (Å²) in [6.45, 7) is 7.63. The van der Waals surface area contributed by atoms with Gasteiger partial charge in [-0.15, -0.1) is 0 Å². The highest BCUT2D eigenvalue weighted by Gasteiger charge is 2.20. The number of nitrogens with zero attached hydrogens (tertiary/aromatic N) is 4. The quantitative estimate of drug-likeness (QED) is 0.289. The second-order valence-electron chi connectivity index (χ2n) is 6.23. The molecule has 9 heteroatoms. The van der Waals surface area contributed by atoms with Crippen molar-refractivity contribution in [1.29, 1.82) is 0 Å². The van der Waals surface area contributed by atoms with Crippen LogP contribution in [0.25, 0.3) is 10.9 Å². The molecule has 1 atom stereocenters. The average molecular weight is 423 g/mol. The number of thioether (sulfide) groups is 1. The largest absolute Gasteiger partial charge is 0.382 e. The van der Waals surface area contributed by atoms with Crippen LogP contribution in [0.3, 0.4) is 0 Å². The first-order chi connectivity index (χ1) is 13.5. The van der Waals surface area contributed by atoms with Crippen molar-refractivity contribution in [2.45, 2.75) is 50.6 Å². The predicted molar refractivity (Wildman–Crippen MR) is 110 cm³/mol. The number of aromatic nitrogens is 4. The maximum Gasteiger partial charge on any atom is 0.262 e. The number of benzene rings is 1. The second-order valence-corrected chi connectivity index (χ2v) is 7.97. The van der Waals surface area contributed by atoms with E-state index in [4.69, 9.17) is 25.8 Å². The normalized spacial score (nSPS) is 12.6. The Hall–Kier alpha value is -1.90.